The Morgan fingerprint density at radius 3 is 2.74 bits per heavy atom. The molecule has 0 saturated carbocycles. The third-order valence-electron chi connectivity index (χ3n) is 4.80. The summed E-state index contributed by atoms with van der Waals surface area (Å²) in [4.78, 5) is 24.4. The number of benzene rings is 1. The van der Waals surface area contributed by atoms with Crippen LogP contribution >= 0.6 is 0 Å². The molecule has 31 heavy (non-hydrogen) atoms. The van der Waals surface area contributed by atoms with Crippen LogP contribution in [0.15, 0.2) is 36.4 Å². The third kappa shape index (κ3) is 5.13. The van der Waals surface area contributed by atoms with E-state index in [1.807, 2.05) is 59.8 Å². The van der Waals surface area contributed by atoms with E-state index < -0.39 is 0 Å². The first-order valence-electron chi connectivity index (χ1n) is 10.2. The lowest BCUT2D eigenvalue weighted by molar-refractivity contribution is 0.0942. The zero-order chi connectivity index (χ0) is 22.4. The molecule has 0 spiro atoms. The van der Waals surface area contributed by atoms with Gasteiger partial charge in [-0.3, -0.25) is 14.3 Å². The minimum Gasteiger partial charge on any atom is -0.371 e. The van der Waals surface area contributed by atoms with Gasteiger partial charge in [-0.05, 0) is 26.0 Å². The molecule has 0 saturated heterocycles. The Labute approximate surface area is 182 Å². The lowest BCUT2D eigenvalue weighted by Gasteiger charge is -2.21. The monoisotopic (exact) mass is 419 g/mol. The molecule has 1 atom stereocenters. The number of para-hydroxylation sites is 1. The Morgan fingerprint density at radius 1 is 1.26 bits per heavy atom. The fourth-order valence-electron chi connectivity index (χ4n) is 3.42. The Morgan fingerprint density at radius 2 is 2.03 bits per heavy atom. The molecule has 0 aliphatic rings. The molecule has 0 radical (unpaired) electrons. The molecule has 162 valence electrons. The standard InChI is InChI=1S/C23H29N7O/c1-5-6-13-30-20(21(25-3)28-23(30)29(4)15-16(2)24)22(31)26-14-18-12-11-17-9-7-8-10-19(17)27-18/h7-12,16,25H,13-15,24H2,1-4H3,(H,26,31). The van der Waals surface area contributed by atoms with Gasteiger partial charge in [0.15, 0.2) is 11.5 Å². The topological polar surface area (TPSA) is 101 Å². The summed E-state index contributed by atoms with van der Waals surface area (Å²) >= 11 is 0. The smallest absolute Gasteiger partial charge is 0.272 e. The summed E-state index contributed by atoms with van der Waals surface area (Å²) in [6, 6.07) is 11.8. The molecule has 3 aromatic rings. The second kappa shape index (κ2) is 9.96. The van der Waals surface area contributed by atoms with Crippen molar-refractivity contribution >= 4 is 28.6 Å². The van der Waals surface area contributed by atoms with Gasteiger partial charge in [0.25, 0.3) is 5.91 Å². The van der Waals surface area contributed by atoms with Crippen molar-refractivity contribution in [3.05, 3.63) is 47.8 Å². The van der Waals surface area contributed by atoms with Gasteiger partial charge in [-0.25, -0.2) is 0 Å². The van der Waals surface area contributed by atoms with Crippen LogP contribution in [0.2, 0.25) is 0 Å². The Bertz CT molecular complexity index is 1120. The number of aromatic nitrogens is 3. The minimum atomic E-state index is -0.245. The molecule has 8 heteroatoms. The van der Waals surface area contributed by atoms with E-state index in [-0.39, 0.29) is 11.9 Å². The van der Waals surface area contributed by atoms with E-state index in [0.29, 0.717) is 37.1 Å². The van der Waals surface area contributed by atoms with Gasteiger partial charge < -0.3 is 21.3 Å². The van der Waals surface area contributed by atoms with Crippen molar-refractivity contribution in [3.63, 3.8) is 0 Å². The van der Waals surface area contributed by atoms with Gasteiger partial charge in [-0.1, -0.05) is 30.2 Å². The number of imidazole rings is 1. The molecule has 0 fully saturated rings. The van der Waals surface area contributed by atoms with Crippen molar-refractivity contribution < 1.29 is 4.79 Å². The zero-order valence-corrected chi connectivity index (χ0v) is 18.4. The summed E-state index contributed by atoms with van der Waals surface area (Å²) in [6.07, 6.45) is 0. The van der Waals surface area contributed by atoms with Crippen molar-refractivity contribution in [2.75, 3.05) is 30.9 Å². The van der Waals surface area contributed by atoms with Gasteiger partial charge in [0.05, 0.1) is 24.3 Å². The van der Waals surface area contributed by atoms with E-state index >= 15 is 0 Å². The van der Waals surface area contributed by atoms with Crippen molar-refractivity contribution in [3.8, 4) is 11.8 Å². The summed E-state index contributed by atoms with van der Waals surface area (Å²) in [5, 5.41) is 7.06. The van der Waals surface area contributed by atoms with E-state index in [1.54, 1.807) is 14.0 Å². The maximum absolute atomic E-state index is 13.2. The number of nitrogens with zero attached hydrogens (tertiary/aromatic N) is 4. The summed E-state index contributed by atoms with van der Waals surface area (Å²) < 4.78 is 1.81. The molecule has 3 rings (SSSR count). The third-order valence-corrected chi connectivity index (χ3v) is 4.80. The van der Waals surface area contributed by atoms with Gasteiger partial charge in [0, 0.05) is 32.1 Å². The molecule has 1 aromatic carbocycles. The van der Waals surface area contributed by atoms with Crippen LogP contribution < -0.4 is 21.3 Å². The summed E-state index contributed by atoms with van der Waals surface area (Å²) in [7, 11) is 3.65. The SMILES string of the molecule is CC#CCn1c(N(C)CC(C)N)nc(NC)c1C(=O)NCc1ccc2ccccc2n1. The molecule has 8 nitrogen and oxygen atoms in total. The van der Waals surface area contributed by atoms with Gasteiger partial charge in [-0.15, -0.1) is 5.92 Å². The molecule has 4 N–H and O–H groups in total. The Kier molecular flexibility index (Phi) is 7.11. The van der Waals surface area contributed by atoms with Crippen molar-refractivity contribution in [2.45, 2.75) is 33.0 Å². The van der Waals surface area contributed by atoms with E-state index in [0.717, 1.165) is 16.6 Å². The number of likely N-dealkylation sites (N-methyl/N-ethyl adjacent to an activating group) is 1. The number of amides is 1. The second-order valence-electron chi connectivity index (χ2n) is 7.41. The van der Waals surface area contributed by atoms with Crippen molar-refractivity contribution in [1.29, 1.82) is 0 Å². The average Bonchev–Trinajstić information content (AvgIpc) is 3.14. The van der Waals surface area contributed by atoms with Crippen LogP contribution in [0.5, 0.6) is 0 Å². The van der Waals surface area contributed by atoms with Crippen molar-refractivity contribution in [2.24, 2.45) is 5.73 Å². The normalized spacial score (nSPS) is 11.5. The Hall–Kier alpha value is -3.57. The van der Waals surface area contributed by atoms with Gasteiger partial charge in [0.1, 0.15) is 0 Å². The number of anilines is 2. The van der Waals surface area contributed by atoms with Crippen LogP contribution in [0.25, 0.3) is 10.9 Å². The summed E-state index contributed by atoms with van der Waals surface area (Å²) in [6.45, 7) is 4.95. The number of nitrogens with two attached hydrogens (primary N) is 1. The maximum Gasteiger partial charge on any atom is 0.272 e. The lowest BCUT2D eigenvalue weighted by Crippen LogP contribution is -2.35. The number of carbonyl (C=O) groups is 1. The molecule has 0 aliphatic carbocycles. The molecule has 2 aromatic heterocycles. The molecule has 2 heterocycles. The number of hydrogen-bond donors (Lipinski definition) is 3. The maximum atomic E-state index is 13.2. The predicted octanol–water partition coefficient (Wildman–Crippen LogP) is 2.21. The van der Waals surface area contributed by atoms with Crippen LogP contribution in [0.3, 0.4) is 0 Å². The summed E-state index contributed by atoms with van der Waals surface area (Å²) in [5.74, 6) is 6.81. The van der Waals surface area contributed by atoms with E-state index in [9.17, 15) is 4.79 Å². The predicted molar refractivity (Wildman–Crippen MR) is 125 cm³/mol. The highest BCUT2D eigenvalue weighted by atomic mass is 16.2. The minimum absolute atomic E-state index is 0.0401. The van der Waals surface area contributed by atoms with Crippen LogP contribution in [0.1, 0.15) is 30.0 Å². The lowest BCUT2D eigenvalue weighted by atomic mass is 10.2. The van der Waals surface area contributed by atoms with Gasteiger partial charge >= 0.3 is 0 Å². The second-order valence-corrected chi connectivity index (χ2v) is 7.41. The van der Waals surface area contributed by atoms with Crippen LogP contribution in [-0.2, 0) is 13.1 Å². The first kappa shape index (κ1) is 22.1. The van der Waals surface area contributed by atoms with E-state index in [1.165, 1.54) is 0 Å². The highest BCUT2D eigenvalue weighted by Crippen LogP contribution is 2.23. The van der Waals surface area contributed by atoms with E-state index in [4.69, 9.17) is 5.73 Å². The average molecular weight is 420 g/mol. The summed E-state index contributed by atoms with van der Waals surface area (Å²) in [5.41, 5.74) is 8.07. The largest absolute Gasteiger partial charge is 0.371 e. The van der Waals surface area contributed by atoms with Crippen molar-refractivity contribution in [1.82, 2.24) is 19.9 Å². The molecular formula is C23H29N7O. The number of rotatable bonds is 8. The number of carbonyl (C=O) groups excluding carboxylic acids is 1. The van der Waals surface area contributed by atoms with Crippen LogP contribution in [-0.4, -0.2) is 47.1 Å². The first-order chi connectivity index (χ1) is 14.9. The van der Waals surface area contributed by atoms with Crippen LogP contribution in [0, 0.1) is 11.8 Å². The van der Waals surface area contributed by atoms with Gasteiger partial charge in [-0.2, -0.15) is 4.98 Å². The van der Waals surface area contributed by atoms with E-state index in [2.05, 4.69) is 32.4 Å². The molecule has 0 aliphatic heterocycles. The molecule has 0 bridgehead atoms. The fraction of sp³-hybridized carbons (Fsp3) is 0.348. The van der Waals surface area contributed by atoms with Gasteiger partial charge in [0.2, 0.25) is 5.95 Å². The molecule has 1 unspecified atom stereocenters. The number of nitrogens with one attached hydrogen (secondary N) is 2. The Balaban J connectivity index is 1.88. The number of pyridine rings is 1. The quantitative estimate of drug-likeness (QED) is 0.484. The molecular weight excluding hydrogens is 390 g/mol. The highest BCUT2D eigenvalue weighted by Gasteiger charge is 2.24. The first-order valence-corrected chi connectivity index (χ1v) is 10.2. The number of hydrogen-bond acceptors (Lipinski definition) is 6. The van der Waals surface area contributed by atoms with Crippen LogP contribution in [0.4, 0.5) is 11.8 Å². The molecule has 1 amide bonds. The number of fused-ring (bicyclic) bond motifs is 1. The zero-order valence-electron chi connectivity index (χ0n) is 18.4. The fourth-order valence-corrected chi connectivity index (χ4v) is 3.42. The highest BCUT2D eigenvalue weighted by molar-refractivity contribution is 5.98.